The van der Waals surface area contributed by atoms with Crippen LogP contribution in [-0.2, 0) is 16.1 Å². The van der Waals surface area contributed by atoms with Crippen LogP contribution in [0.5, 0.6) is 0 Å². The lowest BCUT2D eigenvalue weighted by Gasteiger charge is -2.19. The summed E-state index contributed by atoms with van der Waals surface area (Å²) in [6.07, 6.45) is -6.72. The van der Waals surface area contributed by atoms with E-state index in [4.69, 9.17) is 5.11 Å². The minimum absolute atomic E-state index is 0.137. The number of urea groups is 1. The Kier molecular flexibility index (Phi) is 7.88. The second-order valence-electron chi connectivity index (χ2n) is 5.60. The summed E-state index contributed by atoms with van der Waals surface area (Å²) >= 11 is 0. The first-order valence-corrected chi connectivity index (χ1v) is 7.70. The minimum Gasteiger partial charge on any atom is -0.480 e. The number of rotatable bonds is 8. The molecule has 7 nitrogen and oxygen atoms in total. The topological polar surface area (TPSA) is 98.7 Å². The van der Waals surface area contributed by atoms with Gasteiger partial charge in [-0.2, -0.15) is 13.2 Å². The molecule has 26 heavy (non-hydrogen) atoms. The van der Waals surface area contributed by atoms with E-state index >= 15 is 0 Å². The molecule has 0 fully saturated rings. The molecule has 1 atom stereocenters. The Balaban J connectivity index is 2.37. The summed E-state index contributed by atoms with van der Waals surface area (Å²) in [5.41, 5.74) is 0.902. The Labute approximate surface area is 148 Å². The number of nitrogens with zero attached hydrogens (tertiary/aromatic N) is 1. The third-order valence-electron chi connectivity index (χ3n) is 3.31. The number of nitrogens with one attached hydrogen (secondary N) is 2. The van der Waals surface area contributed by atoms with E-state index in [1.807, 2.05) is 30.3 Å². The summed E-state index contributed by atoms with van der Waals surface area (Å²) in [6.45, 7) is 0.202. The molecular weight excluding hydrogens is 355 g/mol. The maximum Gasteiger partial charge on any atom is 0.391 e. The lowest BCUT2D eigenvalue weighted by Crippen LogP contribution is -2.45. The summed E-state index contributed by atoms with van der Waals surface area (Å²) in [4.78, 5) is 35.6. The van der Waals surface area contributed by atoms with Gasteiger partial charge < -0.3 is 20.6 Å². The van der Waals surface area contributed by atoms with E-state index in [0.717, 1.165) is 5.56 Å². The Morgan fingerprint density at radius 1 is 1.19 bits per heavy atom. The molecule has 0 aromatic heterocycles. The van der Waals surface area contributed by atoms with Crippen LogP contribution in [0.3, 0.4) is 0 Å². The van der Waals surface area contributed by atoms with E-state index in [1.165, 1.54) is 4.90 Å². The monoisotopic (exact) mass is 375 g/mol. The van der Waals surface area contributed by atoms with Crippen molar-refractivity contribution in [1.82, 2.24) is 15.5 Å². The third-order valence-corrected chi connectivity index (χ3v) is 3.31. The summed E-state index contributed by atoms with van der Waals surface area (Å²) in [5, 5.41) is 13.0. The smallest absolute Gasteiger partial charge is 0.391 e. The maximum absolute atomic E-state index is 12.3. The molecule has 3 N–H and O–H groups in total. The van der Waals surface area contributed by atoms with Gasteiger partial charge in [-0.1, -0.05) is 30.3 Å². The van der Waals surface area contributed by atoms with Crippen molar-refractivity contribution in [1.29, 1.82) is 0 Å². The highest BCUT2D eigenvalue weighted by atomic mass is 19.4. The number of carbonyl (C=O) groups is 3. The average molecular weight is 375 g/mol. The van der Waals surface area contributed by atoms with Gasteiger partial charge in [0.05, 0.1) is 6.42 Å². The van der Waals surface area contributed by atoms with Crippen molar-refractivity contribution in [3.05, 3.63) is 35.9 Å². The number of carboxylic acids is 1. The first-order valence-electron chi connectivity index (χ1n) is 7.70. The Morgan fingerprint density at radius 3 is 2.35 bits per heavy atom. The van der Waals surface area contributed by atoms with Crippen molar-refractivity contribution in [3.8, 4) is 0 Å². The minimum atomic E-state index is -4.72. The molecule has 3 amide bonds. The second kappa shape index (κ2) is 9.64. The van der Waals surface area contributed by atoms with Crippen molar-refractivity contribution in [2.24, 2.45) is 0 Å². The summed E-state index contributed by atoms with van der Waals surface area (Å²) in [7, 11) is 1.55. The Morgan fingerprint density at radius 2 is 1.81 bits per heavy atom. The molecule has 0 spiro atoms. The molecule has 1 aromatic carbocycles. The number of alkyl halides is 3. The molecular formula is C16H20F3N3O4. The number of hydrogen-bond donors (Lipinski definition) is 3. The summed E-state index contributed by atoms with van der Waals surface area (Å²) in [5.74, 6) is -2.67. The van der Waals surface area contributed by atoms with E-state index in [1.54, 1.807) is 12.4 Å². The average Bonchev–Trinajstić information content (AvgIpc) is 2.53. The summed E-state index contributed by atoms with van der Waals surface area (Å²) in [6, 6.07) is 6.64. The normalized spacial score (nSPS) is 12.2. The van der Waals surface area contributed by atoms with Gasteiger partial charge in [-0.15, -0.1) is 0 Å². The van der Waals surface area contributed by atoms with Crippen LogP contribution in [0.25, 0.3) is 0 Å². The lowest BCUT2D eigenvalue weighted by molar-refractivity contribution is -0.159. The van der Waals surface area contributed by atoms with Gasteiger partial charge >= 0.3 is 18.2 Å². The molecule has 1 aromatic rings. The lowest BCUT2D eigenvalue weighted by atomic mass is 10.2. The fraction of sp³-hybridized carbons (Fsp3) is 0.438. The van der Waals surface area contributed by atoms with Gasteiger partial charge in [-0.05, 0) is 5.56 Å². The highest BCUT2D eigenvalue weighted by molar-refractivity contribution is 5.84. The van der Waals surface area contributed by atoms with Crippen LogP contribution in [-0.4, -0.2) is 53.7 Å². The van der Waals surface area contributed by atoms with Crippen LogP contribution in [0.2, 0.25) is 0 Å². The zero-order valence-corrected chi connectivity index (χ0v) is 14.0. The van der Waals surface area contributed by atoms with Crippen LogP contribution < -0.4 is 10.6 Å². The van der Waals surface area contributed by atoms with Gasteiger partial charge in [0.1, 0.15) is 6.04 Å². The molecule has 0 bridgehead atoms. The van der Waals surface area contributed by atoms with Crippen molar-refractivity contribution in [3.63, 3.8) is 0 Å². The van der Waals surface area contributed by atoms with Crippen molar-refractivity contribution >= 4 is 17.9 Å². The molecule has 1 unspecified atom stereocenters. The molecule has 0 heterocycles. The Bertz CT molecular complexity index is 623. The second-order valence-corrected chi connectivity index (χ2v) is 5.60. The van der Waals surface area contributed by atoms with Gasteiger partial charge in [0.15, 0.2) is 0 Å². The Hall–Kier alpha value is -2.78. The van der Waals surface area contributed by atoms with E-state index < -0.39 is 36.5 Å². The number of amides is 3. The van der Waals surface area contributed by atoms with Gasteiger partial charge in [-0.25, -0.2) is 9.59 Å². The molecule has 1 rings (SSSR count). The highest BCUT2D eigenvalue weighted by Gasteiger charge is 2.36. The first kappa shape index (κ1) is 21.3. The molecule has 0 aliphatic heterocycles. The van der Waals surface area contributed by atoms with Crippen LogP contribution in [0.15, 0.2) is 30.3 Å². The van der Waals surface area contributed by atoms with Gasteiger partial charge in [0, 0.05) is 26.6 Å². The largest absolute Gasteiger partial charge is 0.480 e. The number of benzene rings is 1. The first-order chi connectivity index (χ1) is 12.1. The fourth-order valence-electron chi connectivity index (χ4n) is 2.05. The molecule has 144 valence electrons. The number of carboxylic acid groups (broad SMARTS) is 1. The standard InChI is InChI=1S/C16H20F3N3O4/c1-22(10-11-5-3-2-4-6-11)15(26)20-8-7-13(23)21-12(14(24)25)9-16(17,18)19/h2-6,12H,7-10H2,1H3,(H,20,26)(H,21,23)(H,24,25). The van der Waals surface area contributed by atoms with Crippen molar-refractivity contribution < 1.29 is 32.7 Å². The maximum atomic E-state index is 12.3. The van der Waals surface area contributed by atoms with Crippen LogP contribution in [0.4, 0.5) is 18.0 Å². The number of hydrogen-bond acceptors (Lipinski definition) is 3. The van der Waals surface area contributed by atoms with Crippen LogP contribution in [0.1, 0.15) is 18.4 Å². The van der Waals surface area contributed by atoms with Crippen LogP contribution >= 0.6 is 0 Å². The van der Waals surface area contributed by atoms with Crippen LogP contribution in [0, 0.1) is 0 Å². The zero-order valence-electron chi connectivity index (χ0n) is 14.0. The fourth-order valence-corrected chi connectivity index (χ4v) is 2.05. The van der Waals surface area contributed by atoms with Crippen molar-refractivity contribution in [2.45, 2.75) is 31.6 Å². The number of aliphatic carboxylic acids is 1. The summed E-state index contributed by atoms with van der Waals surface area (Å²) < 4.78 is 36.8. The van der Waals surface area contributed by atoms with E-state index in [-0.39, 0.29) is 13.0 Å². The molecule has 0 aliphatic carbocycles. The SMILES string of the molecule is CN(Cc1ccccc1)C(=O)NCCC(=O)NC(CC(F)(F)F)C(=O)O. The van der Waals surface area contributed by atoms with E-state index in [2.05, 4.69) is 5.32 Å². The van der Waals surface area contributed by atoms with Gasteiger partial charge in [-0.3, -0.25) is 4.79 Å². The molecule has 0 radical (unpaired) electrons. The van der Waals surface area contributed by atoms with E-state index in [0.29, 0.717) is 6.54 Å². The number of halogens is 3. The molecule has 0 aliphatic rings. The molecule has 10 heteroatoms. The predicted octanol–water partition coefficient (Wildman–Crippen LogP) is 1.74. The van der Waals surface area contributed by atoms with Gasteiger partial charge in [0.25, 0.3) is 0 Å². The number of carbonyl (C=O) groups excluding carboxylic acids is 2. The third kappa shape index (κ3) is 8.36. The van der Waals surface area contributed by atoms with Crippen molar-refractivity contribution in [2.75, 3.05) is 13.6 Å². The highest BCUT2D eigenvalue weighted by Crippen LogP contribution is 2.21. The quantitative estimate of drug-likeness (QED) is 0.645. The zero-order chi connectivity index (χ0) is 19.7. The molecule has 0 saturated carbocycles. The molecule has 0 saturated heterocycles. The van der Waals surface area contributed by atoms with Gasteiger partial charge in [0.2, 0.25) is 5.91 Å². The predicted molar refractivity (Wildman–Crippen MR) is 86.2 cm³/mol. The van der Waals surface area contributed by atoms with E-state index in [9.17, 15) is 27.6 Å².